The predicted octanol–water partition coefficient (Wildman–Crippen LogP) is 3.70. The van der Waals surface area contributed by atoms with Crippen LogP contribution in [0.25, 0.3) is 0 Å². The maximum Gasteiger partial charge on any atom is 0.306 e. The van der Waals surface area contributed by atoms with E-state index in [-0.39, 0.29) is 6.42 Å². The minimum Gasteiger partial charge on any atom is -0.453 e. The molecule has 1 amide bonds. The van der Waals surface area contributed by atoms with Crippen LogP contribution in [0.2, 0.25) is 0 Å². The summed E-state index contributed by atoms with van der Waals surface area (Å²) in [5, 5.41) is 4.47. The third-order valence-corrected chi connectivity index (χ3v) is 4.21. The molecule has 0 aliphatic rings. The number of amides is 1. The lowest BCUT2D eigenvalue weighted by molar-refractivity contribution is -0.153. The number of ether oxygens (including phenoxy) is 1. The lowest BCUT2D eigenvalue weighted by Gasteiger charge is -2.13. The molecule has 1 heterocycles. The van der Waals surface area contributed by atoms with E-state index in [1.165, 1.54) is 13.0 Å². The zero-order valence-corrected chi connectivity index (χ0v) is 13.8. The number of halogens is 1. The van der Waals surface area contributed by atoms with Crippen molar-refractivity contribution in [3.8, 4) is 0 Å². The van der Waals surface area contributed by atoms with Crippen LogP contribution in [0.15, 0.2) is 35.7 Å². The monoisotopic (exact) mass is 335 g/mol. The highest BCUT2D eigenvalue weighted by Crippen LogP contribution is 2.15. The number of esters is 1. The third-order valence-electron chi connectivity index (χ3n) is 3.27. The first-order valence-electron chi connectivity index (χ1n) is 7.24. The number of hydrogen-bond acceptors (Lipinski definition) is 4. The fourth-order valence-corrected chi connectivity index (χ4v) is 2.61. The number of rotatable bonds is 6. The Morgan fingerprint density at radius 2 is 2.13 bits per heavy atom. The van der Waals surface area contributed by atoms with Crippen molar-refractivity contribution >= 4 is 28.9 Å². The van der Waals surface area contributed by atoms with Gasteiger partial charge in [0.2, 0.25) is 0 Å². The van der Waals surface area contributed by atoms with Crippen LogP contribution >= 0.6 is 11.3 Å². The Hall–Kier alpha value is -2.21. The molecule has 2 rings (SSSR count). The Kier molecular flexibility index (Phi) is 5.87. The fourth-order valence-electron chi connectivity index (χ4n) is 1.90. The van der Waals surface area contributed by atoms with Crippen molar-refractivity contribution in [3.63, 3.8) is 0 Å². The van der Waals surface area contributed by atoms with Crippen LogP contribution in [0, 0.1) is 12.7 Å². The van der Waals surface area contributed by atoms with E-state index in [0.717, 1.165) is 4.88 Å². The highest BCUT2D eigenvalue weighted by molar-refractivity contribution is 7.09. The summed E-state index contributed by atoms with van der Waals surface area (Å²) < 4.78 is 18.5. The first kappa shape index (κ1) is 17.1. The first-order chi connectivity index (χ1) is 11.0. The van der Waals surface area contributed by atoms with E-state index in [4.69, 9.17) is 4.74 Å². The van der Waals surface area contributed by atoms with E-state index in [9.17, 15) is 14.0 Å². The van der Waals surface area contributed by atoms with Gasteiger partial charge in [0, 0.05) is 10.6 Å². The summed E-state index contributed by atoms with van der Waals surface area (Å²) in [5.41, 5.74) is 0.829. The highest BCUT2D eigenvalue weighted by atomic mass is 32.1. The number of benzene rings is 1. The van der Waals surface area contributed by atoms with E-state index in [0.29, 0.717) is 17.7 Å². The molecule has 122 valence electrons. The van der Waals surface area contributed by atoms with Crippen LogP contribution < -0.4 is 5.32 Å². The summed E-state index contributed by atoms with van der Waals surface area (Å²) in [6, 6.07) is 8.27. The molecular formula is C17H18FNO3S. The molecule has 1 N–H and O–H groups in total. The molecule has 0 unspecified atom stereocenters. The fraction of sp³-hybridized carbons (Fsp3) is 0.294. The van der Waals surface area contributed by atoms with Gasteiger partial charge in [0.15, 0.2) is 6.10 Å². The zero-order chi connectivity index (χ0) is 16.8. The van der Waals surface area contributed by atoms with Crippen LogP contribution in [0.5, 0.6) is 0 Å². The summed E-state index contributed by atoms with van der Waals surface area (Å²) in [4.78, 5) is 24.8. The number of aryl methyl sites for hydroxylation is 2. The van der Waals surface area contributed by atoms with Gasteiger partial charge < -0.3 is 10.1 Å². The quantitative estimate of drug-likeness (QED) is 0.819. The Bertz CT molecular complexity index is 685. The summed E-state index contributed by atoms with van der Waals surface area (Å²) in [6.45, 7) is 3.13. The molecule has 2 aromatic rings. The lowest BCUT2D eigenvalue weighted by Crippen LogP contribution is -2.30. The molecule has 4 nitrogen and oxygen atoms in total. The van der Waals surface area contributed by atoms with E-state index < -0.39 is 23.8 Å². The van der Waals surface area contributed by atoms with Crippen LogP contribution in [-0.2, 0) is 20.7 Å². The molecule has 23 heavy (non-hydrogen) atoms. The first-order valence-corrected chi connectivity index (χ1v) is 8.12. The lowest BCUT2D eigenvalue weighted by atomic mass is 10.2. The molecular weight excluding hydrogens is 317 g/mol. The van der Waals surface area contributed by atoms with E-state index in [2.05, 4.69) is 5.32 Å². The topological polar surface area (TPSA) is 55.4 Å². The molecule has 6 heteroatoms. The van der Waals surface area contributed by atoms with Gasteiger partial charge in [-0.3, -0.25) is 9.59 Å². The number of carbonyl (C=O) groups is 2. The van der Waals surface area contributed by atoms with Crippen molar-refractivity contribution in [1.82, 2.24) is 0 Å². The van der Waals surface area contributed by atoms with Crippen LogP contribution in [-0.4, -0.2) is 18.0 Å². The Morgan fingerprint density at radius 1 is 1.35 bits per heavy atom. The molecule has 0 aliphatic heterocycles. The van der Waals surface area contributed by atoms with Gasteiger partial charge in [-0.05, 0) is 49.4 Å². The van der Waals surface area contributed by atoms with Crippen LogP contribution in [0.4, 0.5) is 10.1 Å². The number of anilines is 1. The molecule has 1 atom stereocenters. The average Bonchev–Trinajstić information content (AvgIpc) is 3.02. The van der Waals surface area contributed by atoms with Gasteiger partial charge in [-0.1, -0.05) is 12.1 Å². The number of nitrogens with one attached hydrogen (secondary N) is 1. The summed E-state index contributed by atoms with van der Waals surface area (Å²) in [7, 11) is 0. The van der Waals surface area contributed by atoms with Crippen molar-refractivity contribution in [2.75, 3.05) is 5.32 Å². The summed E-state index contributed by atoms with van der Waals surface area (Å²) in [5.74, 6) is -1.32. The number of hydrogen-bond donors (Lipinski definition) is 1. The van der Waals surface area contributed by atoms with Crippen molar-refractivity contribution in [3.05, 3.63) is 52.0 Å². The molecule has 0 bridgehead atoms. The summed E-state index contributed by atoms with van der Waals surface area (Å²) >= 11 is 1.57. The second-order valence-electron chi connectivity index (χ2n) is 5.16. The molecule has 0 saturated carbocycles. The standard InChI is InChI=1S/C17H18FNO3S/c1-11-5-6-13(10-15(11)18)19-17(21)12(2)22-16(20)8-7-14-4-3-9-23-14/h3-6,9-10,12H,7-8H2,1-2H3,(H,19,21)/t12-/m1/s1. The zero-order valence-electron chi connectivity index (χ0n) is 13.0. The van der Waals surface area contributed by atoms with Gasteiger partial charge in [0.25, 0.3) is 5.91 Å². The van der Waals surface area contributed by atoms with Crippen molar-refractivity contribution in [2.45, 2.75) is 32.8 Å². The van der Waals surface area contributed by atoms with Crippen molar-refractivity contribution in [1.29, 1.82) is 0 Å². The van der Waals surface area contributed by atoms with Crippen molar-refractivity contribution in [2.24, 2.45) is 0 Å². The third kappa shape index (κ3) is 5.17. The smallest absolute Gasteiger partial charge is 0.306 e. The number of carbonyl (C=O) groups excluding carboxylic acids is 2. The normalized spacial score (nSPS) is 11.8. The number of thiophene rings is 1. The van der Waals surface area contributed by atoms with E-state index >= 15 is 0 Å². The van der Waals surface area contributed by atoms with Gasteiger partial charge in [0.05, 0.1) is 6.42 Å². The minimum atomic E-state index is -0.935. The molecule has 0 radical (unpaired) electrons. The molecule has 0 aliphatic carbocycles. The largest absolute Gasteiger partial charge is 0.453 e. The van der Waals surface area contributed by atoms with Gasteiger partial charge >= 0.3 is 5.97 Å². The second-order valence-corrected chi connectivity index (χ2v) is 6.20. The van der Waals surface area contributed by atoms with E-state index in [1.54, 1.807) is 30.4 Å². The highest BCUT2D eigenvalue weighted by Gasteiger charge is 2.18. The average molecular weight is 335 g/mol. The van der Waals surface area contributed by atoms with Gasteiger partial charge in [-0.15, -0.1) is 11.3 Å². The Balaban J connectivity index is 1.81. The summed E-state index contributed by atoms with van der Waals surface area (Å²) in [6.07, 6.45) is -0.124. The maximum atomic E-state index is 13.4. The molecule has 1 aromatic carbocycles. The molecule has 0 saturated heterocycles. The Labute approximate surface area is 138 Å². The molecule has 1 aromatic heterocycles. The molecule has 0 fully saturated rings. The minimum absolute atomic E-state index is 0.220. The van der Waals surface area contributed by atoms with E-state index in [1.807, 2.05) is 17.5 Å². The van der Waals surface area contributed by atoms with Crippen LogP contribution in [0.1, 0.15) is 23.8 Å². The Morgan fingerprint density at radius 3 is 2.78 bits per heavy atom. The van der Waals surface area contributed by atoms with Gasteiger partial charge in [0.1, 0.15) is 5.82 Å². The van der Waals surface area contributed by atoms with Crippen molar-refractivity contribution < 1.29 is 18.7 Å². The predicted molar refractivity (Wildman–Crippen MR) is 88.0 cm³/mol. The molecule has 0 spiro atoms. The van der Waals surface area contributed by atoms with Crippen LogP contribution in [0.3, 0.4) is 0 Å². The maximum absolute atomic E-state index is 13.4. The van der Waals surface area contributed by atoms with Gasteiger partial charge in [-0.25, -0.2) is 4.39 Å². The SMILES string of the molecule is Cc1ccc(NC(=O)[C@@H](C)OC(=O)CCc2cccs2)cc1F. The van der Waals surface area contributed by atoms with Gasteiger partial charge in [-0.2, -0.15) is 0 Å². The second kappa shape index (κ2) is 7.87.